The number of hydrogen-bond acceptors (Lipinski definition) is 4. The van der Waals surface area contributed by atoms with E-state index in [1.54, 1.807) is 43.8 Å². The lowest BCUT2D eigenvalue weighted by Gasteiger charge is -2.00. The number of benzene rings is 2. The predicted molar refractivity (Wildman–Crippen MR) is 108 cm³/mol. The van der Waals surface area contributed by atoms with E-state index in [9.17, 15) is 4.79 Å². The van der Waals surface area contributed by atoms with Crippen LogP contribution in [0.3, 0.4) is 0 Å². The van der Waals surface area contributed by atoms with E-state index >= 15 is 0 Å². The van der Waals surface area contributed by atoms with Gasteiger partial charge in [0.2, 0.25) is 0 Å². The van der Waals surface area contributed by atoms with Gasteiger partial charge in [-0.2, -0.15) is 0 Å². The Labute approximate surface area is 164 Å². The van der Waals surface area contributed by atoms with Crippen LogP contribution >= 0.6 is 0 Å². The monoisotopic (exact) mass is 372 g/mol. The molecule has 3 rings (SSSR count). The van der Waals surface area contributed by atoms with Crippen LogP contribution in [-0.2, 0) is 16.1 Å². The second-order valence-electron chi connectivity index (χ2n) is 5.94. The van der Waals surface area contributed by atoms with Crippen LogP contribution < -0.4 is 4.74 Å². The number of ether oxygens (including phenoxy) is 2. The maximum absolute atomic E-state index is 11.7. The van der Waals surface area contributed by atoms with Crippen molar-refractivity contribution in [3.63, 3.8) is 0 Å². The molecule has 0 saturated carbocycles. The van der Waals surface area contributed by atoms with Crippen LogP contribution in [0.5, 0.6) is 5.75 Å². The van der Waals surface area contributed by atoms with Crippen molar-refractivity contribution in [3.8, 4) is 17.6 Å². The van der Waals surface area contributed by atoms with Gasteiger partial charge in [0.25, 0.3) is 0 Å². The molecule has 28 heavy (non-hydrogen) atoms. The van der Waals surface area contributed by atoms with E-state index < -0.39 is 5.97 Å². The van der Waals surface area contributed by atoms with Gasteiger partial charge < -0.3 is 14.0 Å². The molecule has 0 N–H and O–H groups in total. The fraction of sp³-hybridized carbons (Fsp3) is 0.130. The van der Waals surface area contributed by atoms with Crippen LogP contribution in [-0.4, -0.2) is 29.2 Å². The number of imidazole rings is 1. The van der Waals surface area contributed by atoms with Crippen LogP contribution in [0.4, 0.5) is 0 Å². The summed E-state index contributed by atoms with van der Waals surface area (Å²) in [6.07, 6.45) is 7.27. The maximum Gasteiger partial charge on any atom is 0.385 e. The minimum atomic E-state index is -0.574. The average Bonchev–Trinajstić information content (AvgIpc) is 3.18. The van der Waals surface area contributed by atoms with Crippen LogP contribution in [0, 0.1) is 11.8 Å². The SMILES string of the molecule is COc1ccc(C#CC(=O)OC/C=C/c2cn(Cc3ccccc3)cn2)cc1. The fourth-order valence-corrected chi connectivity index (χ4v) is 2.47. The first-order valence-corrected chi connectivity index (χ1v) is 8.78. The van der Waals surface area contributed by atoms with Gasteiger partial charge in [-0.1, -0.05) is 36.3 Å². The van der Waals surface area contributed by atoms with E-state index in [0.29, 0.717) is 0 Å². The molecule has 1 aromatic heterocycles. The molecule has 0 spiro atoms. The fourth-order valence-electron chi connectivity index (χ4n) is 2.47. The molecule has 0 bridgehead atoms. The first-order chi connectivity index (χ1) is 13.7. The molecule has 0 atom stereocenters. The molecule has 1 heterocycles. The molecule has 5 heteroatoms. The van der Waals surface area contributed by atoms with Crippen molar-refractivity contribution < 1.29 is 14.3 Å². The van der Waals surface area contributed by atoms with Gasteiger partial charge in [-0.25, -0.2) is 9.78 Å². The molecule has 3 aromatic rings. The number of esters is 1. The highest BCUT2D eigenvalue weighted by atomic mass is 16.5. The van der Waals surface area contributed by atoms with E-state index in [1.165, 1.54) is 5.56 Å². The van der Waals surface area contributed by atoms with Crippen LogP contribution in [0.25, 0.3) is 6.08 Å². The standard InChI is InChI=1S/C23H20N2O3/c1-27-22-12-9-19(10-13-22)11-14-23(26)28-15-5-8-21-17-25(18-24-21)16-20-6-3-2-4-7-20/h2-10,12-13,17-18H,15-16H2,1H3/b8-5+. The largest absolute Gasteiger partial charge is 0.497 e. The van der Waals surface area contributed by atoms with Crippen LogP contribution in [0.1, 0.15) is 16.8 Å². The maximum atomic E-state index is 11.7. The molecule has 5 nitrogen and oxygen atoms in total. The second kappa shape index (κ2) is 9.79. The molecule has 0 amide bonds. The van der Waals surface area contributed by atoms with Crippen LogP contribution in [0.2, 0.25) is 0 Å². The molecule has 0 aliphatic rings. The molecule has 0 radical (unpaired) electrons. The summed E-state index contributed by atoms with van der Waals surface area (Å²) in [6, 6.07) is 17.3. The number of methoxy groups -OCH3 is 1. The summed E-state index contributed by atoms with van der Waals surface area (Å²) >= 11 is 0. The Hall–Kier alpha value is -3.78. The first-order valence-electron chi connectivity index (χ1n) is 8.78. The Morgan fingerprint density at radius 3 is 2.68 bits per heavy atom. The second-order valence-corrected chi connectivity index (χ2v) is 5.94. The van der Waals surface area contributed by atoms with Gasteiger partial charge >= 0.3 is 5.97 Å². The Kier molecular flexibility index (Phi) is 6.64. The molecule has 0 unspecified atom stereocenters. The first kappa shape index (κ1) is 19.0. The van der Waals surface area contributed by atoms with Gasteiger partial charge in [0, 0.05) is 24.2 Å². The van der Waals surface area contributed by atoms with Crippen molar-refractivity contribution in [1.29, 1.82) is 0 Å². The summed E-state index contributed by atoms with van der Waals surface area (Å²) in [5, 5.41) is 0. The smallest absolute Gasteiger partial charge is 0.385 e. The quantitative estimate of drug-likeness (QED) is 0.491. The average molecular weight is 372 g/mol. The number of rotatable bonds is 6. The molecule has 2 aromatic carbocycles. The molecule has 0 aliphatic heterocycles. The third kappa shape index (κ3) is 5.89. The van der Waals surface area contributed by atoms with Gasteiger partial charge in [-0.3, -0.25) is 0 Å². The molecular formula is C23H20N2O3. The van der Waals surface area contributed by atoms with Crippen molar-refractivity contribution in [2.75, 3.05) is 13.7 Å². The predicted octanol–water partition coefficient (Wildman–Crippen LogP) is 3.55. The zero-order valence-corrected chi connectivity index (χ0v) is 15.5. The molecule has 0 aliphatic carbocycles. The summed E-state index contributed by atoms with van der Waals surface area (Å²) in [7, 11) is 1.60. The van der Waals surface area contributed by atoms with E-state index in [2.05, 4.69) is 29.0 Å². The highest BCUT2D eigenvalue weighted by molar-refractivity contribution is 5.89. The Balaban J connectivity index is 1.45. The van der Waals surface area contributed by atoms with E-state index in [0.717, 1.165) is 23.6 Å². The van der Waals surface area contributed by atoms with Gasteiger partial charge in [-0.05, 0) is 42.0 Å². The zero-order chi connectivity index (χ0) is 19.6. The normalized spacial score (nSPS) is 10.3. The Morgan fingerprint density at radius 1 is 1.14 bits per heavy atom. The summed E-state index contributed by atoms with van der Waals surface area (Å²) in [5.74, 6) is 5.39. The highest BCUT2D eigenvalue weighted by Gasteiger charge is 1.98. The van der Waals surface area contributed by atoms with Gasteiger partial charge in [0.15, 0.2) is 0 Å². The summed E-state index contributed by atoms with van der Waals surface area (Å²) in [4.78, 5) is 16.0. The van der Waals surface area contributed by atoms with E-state index in [1.807, 2.05) is 35.0 Å². The number of carbonyl (C=O) groups excluding carboxylic acids is 1. The van der Waals surface area contributed by atoms with Crippen LogP contribution in [0.15, 0.2) is 73.2 Å². The third-order valence-electron chi connectivity index (χ3n) is 3.86. The van der Waals surface area contributed by atoms with Gasteiger partial charge in [0.05, 0.1) is 19.1 Å². The van der Waals surface area contributed by atoms with Gasteiger partial charge in [0.1, 0.15) is 12.4 Å². The van der Waals surface area contributed by atoms with E-state index in [-0.39, 0.29) is 6.61 Å². The Morgan fingerprint density at radius 2 is 1.93 bits per heavy atom. The molecule has 0 fully saturated rings. The molecule has 140 valence electrons. The minimum absolute atomic E-state index is 0.141. The summed E-state index contributed by atoms with van der Waals surface area (Å²) in [5.41, 5.74) is 2.73. The topological polar surface area (TPSA) is 53.4 Å². The molecule has 0 saturated heterocycles. The lowest BCUT2D eigenvalue weighted by Crippen LogP contribution is -2.00. The minimum Gasteiger partial charge on any atom is -0.497 e. The highest BCUT2D eigenvalue weighted by Crippen LogP contribution is 2.10. The number of aromatic nitrogens is 2. The molecular weight excluding hydrogens is 352 g/mol. The van der Waals surface area contributed by atoms with Gasteiger partial charge in [-0.15, -0.1) is 0 Å². The lowest BCUT2D eigenvalue weighted by atomic mass is 10.2. The lowest BCUT2D eigenvalue weighted by molar-refractivity contribution is -0.135. The van der Waals surface area contributed by atoms with Crippen molar-refractivity contribution >= 4 is 12.0 Å². The zero-order valence-electron chi connectivity index (χ0n) is 15.5. The summed E-state index contributed by atoms with van der Waals surface area (Å²) in [6.45, 7) is 0.902. The van der Waals surface area contributed by atoms with Crippen molar-refractivity contribution in [2.24, 2.45) is 0 Å². The number of nitrogens with zero attached hydrogens (tertiary/aromatic N) is 2. The number of carbonyl (C=O) groups is 1. The van der Waals surface area contributed by atoms with Crippen molar-refractivity contribution in [1.82, 2.24) is 9.55 Å². The van der Waals surface area contributed by atoms with Crippen molar-refractivity contribution in [3.05, 3.63) is 90.0 Å². The van der Waals surface area contributed by atoms with E-state index in [4.69, 9.17) is 9.47 Å². The number of hydrogen-bond donors (Lipinski definition) is 0. The van der Waals surface area contributed by atoms with Crippen molar-refractivity contribution in [2.45, 2.75) is 6.54 Å². The third-order valence-corrected chi connectivity index (χ3v) is 3.86. The Bertz CT molecular complexity index is 994. The summed E-state index contributed by atoms with van der Waals surface area (Å²) < 4.78 is 12.1.